The van der Waals surface area contributed by atoms with E-state index in [0.717, 1.165) is 6.07 Å². The van der Waals surface area contributed by atoms with Gasteiger partial charge in [-0.1, -0.05) is 0 Å². The summed E-state index contributed by atoms with van der Waals surface area (Å²) in [6.07, 6.45) is 1.34. The number of methoxy groups -OCH3 is 2. The van der Waals surface area contributed by atoms with Crippen LogP contribution in [0.4, 0.5) is 10.1 Å². The number of nitrogens with one attached hydrogen (secondary N) is 2. The Balaban J connectivity index is 2.00. The SMILES string of the molecule is COC(=O)c1cc(NC(=O)c2cc(F)cc3[nH]cnc23)cc(C(=O)OC)c1. The Morgan fingerprint density at radius 1 is 1.00 bits per heavy atom. The number of esters is 2. The number of fused-ring (bicyclic) bond motifs is 1. The lowest BCUT2D eigenvalue weighted by atomic mass is 10.1. The number of rotatable bonds is 4. The number of carbonyl (C=O) groups is 3. The van der Waals surface area contributed by atoms with Crippen LogP contribution in [0, 0.1) is 5.82 Å². The lowest BCUT2D eigenvalue weighted by Crippen LogP contribution is -2.15. The third-order valence-electron chi connectivity index (χ3n) is 3.77. The maximum Gasteiger partial charge on any atom is 0.337 e. The Morgan fingerprint density at radius 3 is 2.22 bits per heavy atom. The summed E-state index contributed by atoms with van der Waals surface area (Å²) in [5.41, 5.74) is 0.857. The van der Waals surface area contributed by atoms with E-state index in [1.807, 2.05) is 0 Å². The molecule has 0 atom stereocenters. The summed E-state index contributed by atoms with van der Waals surface area (Å²) in [7, 11) is 2.37. The number of hydrogen-bond donors (Lipinski definition) is 2. The second kappa shape index (κ2) is 7.24. The lowest BCUT2D eigenvalue weighted by molar-refractivity contribution is 0.0599. The van der Waals surface area contributed by atoms with E-state index in [1.54, 1.807) is 0 Å². The van der Waals surface area contributed by atoms with E-state index in [9.17, 15) is 18.8 Å². The van der Waals surface area contributed by atoms with Gasteiger partial charge in [0.25, 0.3) is 5.91 Å². The van der Waals surface area contributed by atoms with Crippen LogP contribution in [-0.4, -0.2) is 42.0 Å². The average Bonchev–Trinajstić information content (AvgIpc) is 3.13. The summed E-state index contributed by atoms with van der Waals surface area (Å²) in [6.45, 7) is 0. The van der Waals surface area contributed by atoms with Gasteiger partial charge in [-0.3, -0.25) is 4.79 Å². The first-order valence-corrected chi connectivity index (χ1v) is 7.68. The molecule has 0 aliphatic carbocycles. The molecule has 8 nitrogen and oxygen atoms in total. The van der Waals surface area contributed by atoms with E-state index in [1.165, 1.54) is 44.8 Å². The van der Waals surface area contributed by atoms with Crippen LogP contribution < -0.4 is 5.32 Å². The maximum atomic E-state index is 13.8. The highest BCUT2D eigenvalue weighted by Crippen LogP contribution is 2.21. The van der Waals surface area contributed by atoms with E-state index in [0.29, 0.717) is 5.52 Å². The molecule has 138 valence electrons. The van der Waals surface area contributed by atoms with Gasteiger partial charge in [0.1, 0.15) is 11.3 Å². The summed E-state index contributed by atoms with van der Waals surface area (Å²) in [4.78, 5) is 43.0. The zero-order valence-electron chi connectivity index (χ0n) is 14.3. The number of halogens is 1. The fraction of sp³-hybridized carbons (Fsp3) is 0.111. The summed E-state index contributed by atoms with van der Waals surface area (Å²) >= 11 is 0. The Bertz CT molecular complexity index is 1030. The van der Waals surface area contributed by atoms with Gasteiger partial charge in [0.15, 0.2) is 0 Å². The first kappa shape index (κ1) is 18.1. The molecule has 2 N–H and O–H groups in total. The van der Waals surface area contributed by atoms with Crippen molar-refractivity contribution in [2.45, 2.75) is 0 Å². The average molecular weight is 371 g/mol. The normalized spacial score (nSPS) is 10.5. The van der Waals surface area contributed by atoms with Gasteiger partial charge in [0, 0.05) is 5.69 Å². The fourth-order valence-electron chi connectivity index (χ4n) is 2.56. The summed E-state index contributed by atoms with van der Waals surface area (Å²) < 4.78 is 23.0. The number of carbonyl (C=O) groups excluding carboxylic acids is 3. The second-order valence-corrected chi connectivity index (χ2v) is 5.49. The molecule has 1 heterocycles. The molecule has 0 aliphatic heterocycles. The number of ether oxygens (including phenoxy) is 2. The number of aromatic nitrogens is 2. The molecule has 9 heteroatoms. The molecule has 0 spiro atoms. The van der Waals surface area contributed by atoms with Crippen molar-refractivity contribution < 1.29 is 28.2 Å². The highest BCUT2D eigenvalue weighted by atomic mass is 19.1. The molecule has 0 saturated carbocycles. The van der Waals surface area contributed by atoms with Crippen molar-refractivity contribution in [2.24, 2.45) is 0 Å². The van der Waals surface area contributed by atoms with Gasteiger partial charge in [-0.2, -0.15) is 0 Å². The van der Waals surface area contributed by atoms with Crippen molar-refractivity contribution in [3.8, 4) is 0 Å². The number of aromatic amines is 1. The molecule has 1 aromatic heterocycles. The van der Waals surface area contributed by atoms with Gasteiger partial charge in [0.05, 0.1) is 42.8 Å². The van der Waals surface area contributed by atoms with Crippen LogP contribution in [0.1, 0.15) is 31.1 Å². The number of imidazole rings is 1. The minimum absolute atomic E-state index is 0.00524. The van der Waals surface area contributed by atoms with Crippen LogP contribution in [0.25, 0.3) is 11.0 Å². The highest BCUT2D eigenvalue weighted by molar-refractivity contribution is 6.12. The summed E-state index contributed by atoms with van der Waals surface area (Å²) in [5.74, 6) is -2.67. The van der Waals surface area contributed by atoms with E-state index >= 15 is 0 Å². The summed E-state index contributed by atoms with van der Waals surface area (Å²) in [6, 6.07) is 6.20. The van der Waals surface area contributed by atoms with E-state index in [-0.39, 0.29) is 27.9 Å². The molecule has 1 amide bonds. The van der Waals surface area contributed by atoms with Crippen LogP contribution >= 0.6 is 0 Å². The van der Waals surface area contributed by atoms with Crippen molar-refractivity contribution in [1.82, 2.24) is 9.97 Å². The number of hydrogen-bond acceptors (Lipinski definition) is 6. The molecule has 0 radical (unpaired) electrons. The lowest BCUT2D eigenvalue weighted by Gasteiger charge is -2.10. The number of anilines is 1. The van der Waals surface area contributed by atoms with Crippen molar-refractivity contribution in [2.75, 3.05) is 19.5 Å². The van der Waals surface area contributed by atoms with Gasteiger partial charge in [-0.25, -0.2) is 19.0 Å². The molecule has 27 heavy (non-hydrogen) atoms. The third-order valence-corrected chi connectivity index (χ3v) is 3.77. The monoisotopic (exact) mass is 371 g/mol. The van der Waals surface area contributed by atoms with Crippen molar-refractivity contribution in [3.63, 3.8) is 0 Å². The molecule has 2 aromatic carbocycles. The number of H-pyrrole nitrogens is 1. The Kier molecular flexibility index (Phi) is 4.84. The second-order valence-electron chi connectivity index (χ2n) is 5.49. The van der Waals surface area contributed by atoms with Gasteiger partial charge in [0.2, 0.25) is 0 Å². The van der Waals surface area contributed by atoms with E-state index < -0.39 is 23.7 Å². The van der Waals surface area contributed by atoms with Crippen LogP contribution in [0.2, 0.25) is 0 Å². The van der Waals surface area contributed by atoms with Gasteiger partial charge in [-0.05, 0) is 30.3 Å². The first-order chi connectivity index (χ1) is 12.9. The maximum absolute atomic E-state index is 13.8. The first-order valence-electron chi connectivity index (χ1n) is 7.68. The molecule has 3 rings (SSSR count). The fourth-order valence-corrected chi connectivity index (χ4v) is 2.56. The Labute approximate surface area is 152 Å². The number of amides is 1. The zero-order chi connectivity index (χ0) is 19.6. The van der Waals surface area contributed by atoms with Gasteiger partial charge >= 0.3 is 11.9 Å². The predicted molar refractivity (Wildman–Crippen MR) is 93.1 cm³/mol. The van der Waals surface area contributed by atoms with Gasteiger partial charge in [-0.15, -0.1) is 0 Å². The molecule has 0 aliphatic rings. The molecular formula is C18H14FN3O5. The van der Waals surface area contributed by atoms with Crippen LogP contribution in [-0.2, 0) is 9.47 Å². The Hall–Kier alpha value is -3.75. The summed E-state index contributed by atoms with van der Waals surface area (Å²) in [5, 5.41) is 2.53. The highest BCUT2D eigenvalue weighted by Gasteiger charge is 2.18. The predicted octanol–water partition coefficient (Wildman–Crippen LogP) is 2.53. The smallest absolute Gasteiger partial charge is 0.337 e. The van der Waals surface area contributed by atoms with Gasteiger partial charge < -0.3 is 19.8 Å². The molecule has 0 fully saturated rings. The molecule has 0 unspecified atom stereocenters. The quantitative estimate of drug-likeness (QED) is 0.682. The van der Waals surface area contributed by atoms with Crippen LogP contribution in [0.15, 0.2) is 36.7 Å². The third kappa shape index (κ3) is 3.61. The minimum atomic E-state index is -0.698. The van der Waals surface area contributed by atoms with Crippen molar-refractivity contribution in [1.29, 1.82) is 0 Å². The van der Waals surface area contributed by atoms with Crippen LogP contribution in [0.5, 0.6) is 0 Å². The minimum Gasteiger partial charge on any atom is -0.465 e. The van der Waals surface area contributed by atoms with E-state index in [2.05, 4.69) is 24.8 Å². The number of nitrogens with zero attached hydrogens (tertiary/aromatic N) is 1. The van der Waals surface area contributed by atoms with Crippen molar-refractivity contribution in [3.05, 3.63) is 59.2 Å². The molecule has 0 bridgehead atoms. The van der Waals surface area contributed by atoms with E-state index in [4.69, 9.17) is 0 Å². The molecule has 0 saturated heterocycles. The zero-order valence-corrected chi connectivity index (χ0v) is 14.3. The Morgan fingerprint density at radius 2 is 1.63 bits per heavy atom. The number of benzene rings is 2. The standard InChI is InChI=1S/C18H14FN3O5/c1-26-17(24)9-3-10(18(25)27-2)5-12(4-9)22-16(23)13-6-11(19)7-14-15(13)21-8-20-14/h3-8H,1-2H3,(H,20,21)(H,22,23). The molecular weight excluding hydrogens is 357 g/mol. The topological polar surface area (TPSA) is 110 Å². The van der Waals surface area contributed by atoms with Crippen molar-refractivity contribution >= 4 is 34.6 Å². The van der Waals surface area contributed by atoms with Crippen LogP contribution in [0.3, 0.4) is 0 Å². The largest absolute Gasteiger partial charge is 0.465 e. The molecule has 3 aromatic rings.